The lowest BCUT2D eigenvalue weighted by atomic mass is 10.1. The lowest BCUT2D eigenvalue weighted by Crippen LogP contribution is -2.24. The van der Waals surface area contributed by atoms with E-state index in [1.54, 1.807) is 0 Å². The Labute approximate surface area is 140 Å². The average molecular weight is 325 g/mol. The first kappa shape index (κ1) is 15.2. The lowest BCUT2D eigenvalue weighted by Gasteiger charge is -2.22. The van der Waals surface area contributed by atoms with E-state index < -0.39 is 0 Å². The van der Waals surface area contributed by atoms with Crippen molar-refractivity contribution in [3.05, 3.63) is 51.8 Å². The normalized spacial score (nSPS) is 18.9. The van der Waals surface area contributed by atoms with Gasteiger partial charge in [-0.15, -0.1) is 0 Å². The molecule has 1 aliphatic rings. The minimum Gasteiger partial charge on any atom is -0.358 e. The third-order valence-corrected chi connectivity index (χ3v) is 4.97. The Kier molecular flexibility index (Phi) is 3.76. The molecule has 2 aromatic heterocycles. The van der Waals surface area contributed by atoms with Crippen molar-refractivity contribution in [2.24, 2.45) is 0 Å². The van der Waals surface area contributed by atoms with Crippen molar-refractivity contribution in [3.8, 4) is 0 Å². The Balaban J connectivity index is 1.64. The zero-order chi connectivity index (χ0) is 16.7. The standard InChI is InChI=1S/C18H23N5O/c1-11(2)15-9-13-12(5-3-6-14(13)19-15)10-23-8-4-7-16(23)17-20-18(24)22-21-17/h3,5-6,9,11,16,19H,4,7-8,10H2,1-2H3,(H2,20,21,22,24). The fourth-order valence-electron chi connectivity index (χ4n) is 3.67. The van der Waals surface area contributed by atoms with Gasteiger partial charge in [0, 0.05) is 23.1 Å². The van der Waals surface area contributed by atoms with Gasteiger partial charge in [0.2, 0.25) is 0 Å². The van der Waals surface area contributed by atoms with E-state index in [9.17, 15) is 4.79 Å². The first-order valence-electron chi connectivity index (χ1n) is 8.61. The van der Waals surface area contributed by atoms with Crippen LogP contribution in [0.25, 0.3) is 10.9 Å². The Morgan fingerprint density at radius 1 is 1.33 bits per heavy atom. The molecule has 6 heteroatoms. The third-order valence-electron chi connectivity index (χ3n) is 4.97. The van der Waals surface area contributed by atoms with Crippen molar-refractivity contribution < 1.29 is 0 Å². The van der Waals surface area contributed by atoms with Gasteiger partial charge in [0.15, 0.2) is 0 Å². The second kappa shape index (κ2) is 5.94. The minimum absolute atomic E-state index is 0.183. The first-order chi connectivity index (χ1) is 11.6. The molecule has 0 amide bonds. The van der Waals surface area contributed by atoms with Crippen molar-refractivity contribution in [1.29, 1.82) is 0 Å². The zero-order valence-electron chi connectivity index (χ0n) is 14.1. The summed E-state index contributed by atoms with van der Waals surface area (Å²) in [5, 5.41) is 7.91. The summed E-state index contributed by atoms with van der Waals surface area (Å²) in [6.45, 7) is 6.30. The van der Waals surface area contributed by atoms with E-state index >= 15 is 0 Å². The van der Waals surface area contributed by atoms with Crippen LogP contribution in [0, 0.1) is 0 Å². The predicted molar refractivity (Wildman–Crippen MR) is 94.0 cm³/mol. The third kappa shape index (κ3) is 2.67. The van der Waals surface area contributed by atoms with Crippen LogP contribution in [0.2, 0.25) is 0 Å². The quantitative estimate of drug-likeness (QED) is 0.689. The highest BCUT2D eigenvalue weighted by molar-refractivity contribution is 5.84. The molecule has 0 saturated carbocycles. The number of likely N-dealkylation sites (tertiary alicyclic amines) is 1. The molecule has 0 bridgehead atoms. The Morgan fingerprint density at radius 2 is 2.21 bits per heavy atom. The fourth-order valence-corrected chi connectivity index (χ4v) is 3.67. The summed E-state index contributed by atoms with van der Waals surface area (Å²) in [7, 11) is 0. The monoisotopic (exact) mass is 325 g/mol. The molecule has 3 heterocycles. The number of H-pyrrole nitrogens is 3. The summed E-state index contributed by atoms with van der Waals surface area (Å²) in [4.78, 5) is 20.1. The summed E-state index contributed by atoms with van der Waals surface area (Å²) in [5.74, 6) is 1.24. The van der Waals surface area contributed by atoms with E-state index in [2.05, 4.69) is 63.2 Å². The molecule has 1 atom stereocenters. The van der Waals surface area contributed by atoms with Gasteiger partial charge in [-0.25, -0.2) is 9.89 Å². The van der Waals surface area contributed by atoms with E-state index in [1.165, 1.54) is 22.2 Å². The van der Waals surface area contributed by atoms with Gasteiger partial charge in [-0.05, 0) is 43.0 Å². The van der Waals surface area contributed by atoms with Crippen molar-refractivity contribution in [2.45, 2.75) is 45.2 Å². The van der Waals surface area contributed by atoms with Crippen LogP contribution in [-0.4, -0.2) is 31.6 Å². The molecular weight excluding hydrogens is 302 g/mol. The van der Waals surface area contributed by atoms with Gasteiger partial charge in [-0.3, -0.25) is 9.88 Å². The van der Waals surface area contributed by atoms with Crippen LogP contribution in [0.5, 0.6) is 0 Å². The fraction of sp³-hybridized carbons (Fsp3) is 0.444. The van der Waals surface area contributed by atoms with E-state index in [0.717, 1.165) is 31.8 Å². The smallest absolute Gasteiger partial charge is 0.340 e. The summed E-state index contributed by atoms with van der Waals surface area (Å²) in [6, 6.07) is 8.90. The van der Waals surface area contributed by atoms with Crippen LogP contribution in [0.1, 0.15) is 55.7 Å². The second-order valence-electron chi connectivity index (χ2n) is 6.95. The van der Waals surface area contributed by atoms with Crippen LogP contribution < -0.4 is 5.69 Å². The largest absolute Gasteiger partial charge is 0.358 e. The van der Waals surface area contributed by atoms with Crippen LogP contribution in [0.4, 0.5) is 0 Å². The number of aromatic amines is 3. The number of benzene rings is 1. The summed E-state index contributed by atoms with van der Waals surface area (Å²) in [6.07, 6.45) is 2.15. The Bertz CT molecular complexity index is 903. The van der Waals surface area contributed by atoms with Crippen molar-refractivity contribution in [2.75, 3.05) is 6.54 Å². The van der Waals surface area contributed by atoms with Gasteiger partial charge < -0.3 is 4.98 Å². The molecule has 0 aliphatic carbocycles. The maximum absolute atomic E-state index is 11.4. The number of rotatable bonds is 4. The molecule has 126 valence electrons. The summed E-state index contributed by atoms with van der Waals surface area (Å²) in [5.41, 5.74) is 3.55. The second-order valence-corrected chi connectivity index (χ2v) is 6.95. The van der Waals surface area contributed by atoms with Crippen LogP contribution in [-0.2, 0) is 6.54 Å². The van der Waals surface area contributed by atoms with Crippen molar-refractivity contribution in [3.63, 3.8) is 0 Å². The molecular formula is C18H23N5O. The number of hydrogen-bond donors (Lipinski definition) is 3. The molecule has 6 nitrogen and oxygen atoms in total. The van der Waals surface area contributed by atoms with Crippen molar-refractivity contribution in [1.82, 2.24) is 25.1 Å². The molecule has 1 aromatic carbocycles. The molecule has 0 spiro atoms. The molecule has 4 rings (SSSR count). The maximum atomic E-state index is 11.4. The number of nitrogens with zero attached hydrogens (tertiary/aromatic N) is 2. The molecule has 1 saturated heterocycles. The number of hydrogen-bond acceptors (Lipinski definition) is 3. The molecule has 1 fully saturated rings. The van der Waals surface area contributed by atoms with E-state index in [0.29, 0.717) is 5.92 Å². The predicted octanol–water partition coefficient (Wildman–Crippen LogP) is 3.04. The molecule has 3 N–H and O–H groups in total. The van der Waals surface area contributed by atoms with Gasteiger partial charge in [-0.1, -0.05) is 26.0 Å². The highest BCUT2D eigenvalue weighted by Crippen LogP contribution is 2.32. The number of nitrogens with one attached hydrogen (secondary N) is 3. The van der Waals surface area contributed by atoms with Crippen LogP contribution in [0.15, 0.2) is 29.1 Å². The molecule has 3 aromatic rings. The van der Waals surface area contributed by atoms with Gasteiger partial charge >= 0.3 is 5.69 Å². The van der Waals surface area contributed by atoms with Crippen LogP contribution in [0.3, 0.4) is 0 Å². The molecule has 24 heavy (non-hydrogen) atoms. The molecule has 1 aliphatic heterocycles. The topological polar surface area (TPSA) is 80.6 Å². The minimum atomic E-state index is -0.230. The van der Waals surface area contributed by atoms with E-state index in [-0.39, 0.29) is 11.7 Å². The lowest BCUT2D eigenvalue weighted by molar-refractivity contribution is 0.241. The van der Waals surface area contributed by atoms with E-state index in [4.69, 9.17) is 0 Å². The van der Waals surface area contributed by atoms with Crippen LogP contribution >= 0.6 is 0 Å². The van der Waals surface area contributed by atoms with Gasteiger partial charge in [0.1, 0.15) is 5.82 Å². The van der Waals surface area contributed by atoms with Gasteiger partial charge in [0.25, 0.3) is 0 Å². The number of aromatic nitrogens is 4. The summed E-state index contributed by atoms with van der Waals surface area (Å²) < 4.78 is 0. The van der Waals surface area contributed by atoms with E-state index in [1.807, 2.05) is 0 Å². The maximum Gasteiger partial charge on any atom is 0.340 e. The van der Waals surface area contributed by atoms with Gasteiger partial charge in [0.05, 0.1) is 6.04 Å². The molecule has 1 unspecified atom stereocenters. The zero-order valence-corrected chi connectivity index (χ0v) is 14.1. The Morgan fingerprint density at radius 3 is 2.96 bits per heavy atom. The average Bonchev–Trinajstić information content (AvgIpc) is 3.26. The highest BCUT2D eigenvalue weighted by Gasteiger charge is 2.28. The Hall–Kier alpha value is -2.34. The summed E-state index contributed by atoms with van der Waals surface area (Å²) >= 11 is 0. The SMILES string of the molecule is CC(C)c1cc2c(CN3CCCC3c3n[nH]c(=O)[nH]3)cccc2[nH]1. The number of fused-ring (bicyclic) bond motifs is 1. The first-order valence-corrected chi connectivity index (χ1v) is 8.61. The highest BCUT2D eigenvalue weighted by atomic mass is 16.1. The molecule has 0 radical (unpaired) electrons. The van der Waals surface area contributed by atoms with Gasteiger partial charge in [-0.2, -0.15) is 5.10 Å². The van der Waals surface area contributed by atoms with Crippen molar-refractivity contribution >= 4 is 10.9 Å².